The van der Waals surface area contributed by atoms with Crippen LogP contribution >= 0.6 is 0 Å². The van der Waals surface area contributed by atoms with Gasteiger partial charge in [0.15, 0.2) is 5.96 Å². The van der Waals surface area contributed by atoms with E-state index in [0.717, 1.165) is 63.4 Å². The number of aliphatic imine (C=N–C) groups is 1. The maximum atomic E-state index is 5.97. The van der Waals surface area contributed by atoms with Crippen LogP contribution in [-0.4, -0.2) is 68.7 Å². The van der Waals surface area contributed by atoms with Gasteiger partial charge in [-0.05, 0) is 57.8 Å². The molecule has 2 unspecified atom stereocenters. The summed E-state index contributed by atoms with van der Waals surface area (Å²) in [5, 5.41) is 3.64. The minimum atomic E-state index is 0.273. The number of likely N-dealkylation sites (tertiary alicyclic amines) is 2. The Morgan fingerprint density at radius 1 is 1.27 bits per heavy atom. The molecule has 0 saturated carbocycles. The average Bonchev–Trinajstić information content (AvgIpc) is 3.42. The number of hydrogen-bond acceptors (Lipinski definition) is 4. The molecule has 1 aromatic heterocycles. The van der Waals surface area contributed by atoms with Crippen LogP contribution in [0.4, 0.5) is 0 Å². The van der Waals surface area contributed by atoms with Gasteiger partial charge in [0.1, 0.15) is 11.5 Å². The number of furan rings is 1. The van der Waals surface area contributed by atoms with Crippen molar-refractivity contribution in [2.45, 2.75) is 38.6 Å². The summed E-state index contributed by atoms with van der Waals surface area (Å²) in [7, 11) is 1.89. The third kappa shape index (κ3) is 3.62. The fourth-order valence-corrected chi connectivity index (χ4v) is 4.70. The van der Waals surface area contributed by atoms with Crippen molar-refractivity contribution < 1.29 is 9.15 Å². The zero-order valence-corrected chi connectivity index (χ0v) is 16.2. The average molecular weight is 361 g/mol. The Balaban J connectivity index is 1.41. The molecule has 6 heteroatoms. The van der Waals surface area contributed by atoms with Gasteiger partial charge in [-0.1, -0.05) is 0 Å². The molecule has 144 valence electrons. The highest BCUT2D eigenvalue weighted by Crippen LogP contribution is 2.38. The standard InChI is InChI=1S/C20H32N4O2/c1-16-5-6-18(26-16)17(23-9-3-4-10-23)13-22-19(21-2)24-11-7-20(14-24)8-12-25-15-20/h5-6,17H,3-4,7-15H2,1-2H3,(H,21,22). The molecular formula is C20H32N4O2. The fraction of sp³-hybridized carbons (Fsp3) is 0.750. The second-order valence-electron chi connectivity index (χ2n) is 8.11. The topological polar surface area (TPSA) is 53.2 Å². The minimum absolute atomic E-state index is 0.273. The summed E-state index contributed by atoms with van der Waals surface area (Å²) in [5.74, 6) is 3.06. The van der Waals surface area contributed by atoms with Crippen LogP contribution in [0.5, 0.6) is 0 Å². The lowest BCUT2D eigenvalue weighted by Crippen LogP contribution is -2.45. The second kappa shape index (κ2) is 7.61. The molecule has 1 N–H and O–H groups in total. The molecule has 1 spiro atoms. The van der Waals surface area contributed by atoms with Gasteiger partial charge in [0.2, 0.25) is 0 Å². The van der Waals surface area contributed by atoms with E-state index >= 15 is 0 Å². The molecule has 26 heavy (non-hydrogen) atoms. The molecule has 0 aliphatic carbocycles. The molecule has 6 nitrogen and oxygen atoms in total. The highest BCUT2D eigenvalue weighted by atomic mass is 16.5. The van der Waals surface area contributed by atoms with Crippen LogP contribution in [0.3, 0.4) is 0 Å². The number of hydrogen-bond donors (Lipinski definition) is 1. The maximum absolute atomic E-state index is 5.97. The van der Waals surface area contributed by atoms with E-state index in [1.807, 2.05) is 14.0 Å². The van der Waals surface area contributed by atoms with E-state index in [4.69, 9.17) is 9.15 Å². The third-order valence-electron chi connectivity index (χ3n) is 6.26. The van der Waals surface area contributed by atoms with Crippen LogP contribution in [0.1, 0.15) is 43.2 Å². The Morgan fingerprint density at radius 2 is 2.12 bits per heavy atom. The van der Waals surface area contributed by atoms with Crippen LogP contribution < -0.4 is 5.32 Å². The van der Waals surface area contributed by atoms with Crippen LogP contribution in [-0.2, 0) is 4.74 Å². The Bertz CT molecular complexity index is 630. The van der Waals surface area contributed by atoms with Crippen molar-refractivity contribution in [2.75, 3.05) is 53.0 Å². The molecule has 0 bridgehead atoms. The quantitative estimate of drug-likeness (QED) is 0.660. The highest BCUT2D eigenvalue weighted by molar-refractivity contribution is 5.80. The fourth-order valence-electron chi connectivity index (χ4n) is 4.70. The predicted octanol–water partition coefficient (Wildman–Crippen LogP) is 2.41. The molecule has 4 rings (SSSR count). The van der Waals surface area contributed by atoms with E-state index in [0.29, 0.717) is 5.41 Å². The lowest BCUT2D eigenvalue weighted by molar-refractivity contribution is 0.156. The lowest BCUT2D eigenvalue weighted by atomic mass is 9.87. The second-order valence-corrected chi connectivity index (χ2v) is 8.11. The summed E-state index contributed by atoms with van der Waals surface area (Å²) in [6, 6.07) is 4.47. The molecule has 4 heterocycles. The Morgan fingerprint density at radius 3 is 2.77 bits per heavy atom. The number of guanidine groups is 1. The first-order valence-electron chi connectivity index (χ1n) is 10.0. The predicted molar refractivity (Wildman–Crippen MR) is 102 cm³/mol. The SMILES string of the molecule is CN=C(NCC(c1ccc(C)o1)N1CCCC1)N1CCC2(CCOC2)C1. The number of rotatable bonds is 4. The van der Waals surface area contributed by atoms with E-state index < -0.39 is 0 Å². The lowest BCUT2D eigenvalue weighted by Gasteiger charge is -2.29. The van der Waals surface area contributed by atoms with Crippen molar-refractivity contribution in [3.05, 3.63) is 23.7 Å². The van der Waals surface area contributed by atoms with Gasteiger partial charge >= 0.3 is 0 Å². The minimum Gasteiger partial charge on any atom is -0.465 e. The van der Waals surface area contributed by atoms with Gasteiger partial charge < -0.3 is 19.4 Å². The Kier molecular flexibility index (Phi) is 5.23. The summed E-state index contributed by atoms with van der Waals surface area (Å²) < 4.78 is 11.6. The largest absolute Gasteiger partial charge is 0.465 e. The number of ether oxygens (including phenoxy) is 1. The Labute approximate surface area is 156 Å². The molecule has 2 atom stereocenters. The first-order chi connectivity index (χ1) is 12.7. The maximum Gasteiger partial charge on any atom is 0.193 e. The third-order valence-corrected chi connectivity index (χ3v) is 6.26. The summed E-state index contributed by atoms with van der Waals surface area (Å²) >= 11 is 0. The molecule has 0 amide bonds. The van der Waals surface area contributed by atoms with Crippen LogP contribution in [0.25, 0.3) is 0 Å². The van der Waals surface area contributed by atoms with E-state index in [1.165, 1.54) is 25.7 Å². The van der Waals surface area contributed by atoms with E-state index in [1.54, 1.807) is 0 Å². The molecule has 3 aliphatic heterocycles. The number of nitrogens with zero attached hydrogens (tertiary/aromatic N) is 3. The van der Waals surface area contributed by atoms with Gasteiger partial charge in [-0.25, -0.2) is 0 Å². The van der Waals surface area contributed by atoms with Crippen LogP contribution in [0, 0.1) is 12.3 Å². The number of nitrogens with one attached hydrogen (secondary N) is 1. The van der Waals surface area contributed by atoms with Crippen LogP contribution in [0.2, 0.25) is 0 Å². The molecule has 0 aromatic carbocycles. The van der Waals surface area contributed by atoms with Gasteiger partial charge in [0.25, 0.3) is 0 Å². The van der Waals surface area contributed by atoms with Crippen molar-refractivity contribution in [1.82, 2.24) is 15.1 Å². The first-order valence-corrected chi connectivity index (χ1v) is 10.0. The van der Waals surface area contributed by atoms with Crippen molar-refractivity contribution in [3.8, 4) is 0 Å². The molecule has 3 aliphatic rings. The van der Waals surface area contributed by atoms with Crippen molar-refractivity contribution in [2.24, 2.45) is 10.4 Å². The summed E-state index contributed by atoms with van der Waals surface area (Å²) in [6.45, 7) is 9.09. The molecule has 3 fully saturated rings. The zero-order chi connectivity index (χ0) is 18.0. The van der Waals surface area contributed by atoms with Gasteiger partial charge in [-0.3, -0.25) is 9.89 Å². The molecular weight excluding hydrogens is 328 g/mol. The van der Waals surface area contributed by atoms with Gasteiger partial charge in [0.05, 0.1) is 12.6 Å². The zero-order valence-electron chi connectivity index (χ0n) is 16.2. The summed E-state index contributed by atoms with van der Waals surface area (Å²) in [4.78, 5) is 9.51. The van der Waals surface area contributed by atoms with Crippen LogP contribution in [0.15, 0.2) is 21.5 Å². The van der Waals surface area contributed by atoms with Gasteiger partial charge in [0, 0.05) is 38.7 Å². The van der Waals surface area contributed by atoms with Crippen molar-refractivity contribution in [1.29, 1.82) is 0 Å². The Hall–Kier alpha value is -1.53. The van der Waals surface area contributed by atoms with E-state index in [9.17, 15) is 0 Å². The summed E-state index contributed by atoms with van der Waals surface area (Å²) in [5.41, 5.74) is 0.351. The summed E-state index contributed by atoms with van der Waals surface area (Å²) in [6.07, 6.45) is 4.95. The normalized spacial score (nSPS) is 28.4. The van der Waals surface area contributed by atoms with E-state index in [2.05, 4.69) is 32.2 Å². The van der Waals surface area contributed by atoms with E-state index in [-0.39, 0.29) is 6.04 Å². The smallest absolute Gasteiger partial charge is 0.193 e. The van der Waals surface area contributed by atoms with Gasteiger partial charge in [-0.15, -0.1) is 0 Å². The highest BCUT2D eigenvalue weighted by Gasteiger charge is 2.42. The molecule has 1 aromatic rings. The van der Waals surface area contributed by atoms with Crippen molar-refractivity contribution in [3.63, 3.8) is 0 Å². The monoisotopic (exact) mass is 360 g/mol. The first kappa shape index (κ1) is 17.9. The molecule has 0 radical (unpaired) electrons. The van der Waals surface area contributed by atoms with Gasteiger partial charge in [-0.2, -0.15) is 0 Å². The molecule has 3 saturated heterocycles. The number of aryl methyl sites for hydroxylation is 1. The van der Waals surface area contributed by atoms with Crippen molar-refractivity contribution >= 4 is 5.96 Å².